The first-order chi connectivity index (χ1) is 18.8. The molecule has 0 radical (unpaired) electrons. The standard InChI is InChI=1S/C34H48N2O4/c1-22-23-7-8-26-32(4,24(23)19-25(37)28(22)38)12-14-34(6)27-20-30(2,9-10-31(27,3)11-13-33(26,34)5)21-35-29(39)36-15-17-40-18-16-36/h7-8,19,27,37-38H,1,9-18,20-21H2,2-6H3,(H,35,39). The van der Waals surface area contributed by atoms with Gasteiger partial charge in [-0.25, -0.2) is 4.79 Å². The van der Waals surface area contributed by atoms with Gasteiger partial charge in [-0.15, -0.1) is 0 Å². The van der Waals surface area contributed by atoms with Crippen LogP contribution in [0, 0.1) is 27.6 Å². The van der Waals surface area contributed by atoms with Crippen LogP contribution in [-0.4, -0.2) is 54.0 Å². The van der Waals surface area contributed by atoms with Crippen molar-refractivity contribution in [1.29, 1.82) is 0 Å². The largest absolute Gasteiger partial charge is 0.504 e. The van der Waals surface area contributed by atoms with Crippen LogP contribution in [0.25, 0.3) is 12.7 Å². The molecule has 0 aromatic heterocycles. The van der Waals surface area contributed by atoms with Crippen LogP contribution in [0.5, 0.6) is 11.5 Å². The lowest BCUT2D eigenvalue weighted by Gasteiger charge is -2.70. The van der Waals surface area contributed by atoms with Gasteiger partial charge in [-0.2, -0.15) is 0 Å². The summed E-state index contributed by atoms with van der Waals surface area (Å²) in [5.41, 5.74) is 2.88. The lowest BCUT2D eigenvalue weighted by Crippen LogP contribution is -2.63. The number of nitrogens with zero attached hydrogens (tertiary/aromatic N) is 1. The van der Waals surface area contributed by atoms with Gasteiger partial charge in [0.25, 0.3) is 0 Å². The minimum Gasteiger partial charge on any atom is -0.504 e. The number of carbonyl (C=O) groups is 1. The number of aromatic hydroxyl groups is 2. The van der Waals surface area contributed by atoms with Crippen LogP contribution in [-0.2, 0) is 10.2 Å². The van der Waals surface area contributed by atoms with Crippen LogP contribution < -0.4 is 15.8 Å². The summed E-state index contributed by atoms with van der Waals surface area (Å²) in [6.45, 7) is 19.7. The number of morpholine rings is 1. The van der Waals surface area contributed by atoms with E-state index in [2.05, 4.69) is 58.7 Å². The Morgan fingerprint density at radius 3 is 2.45 bits per heavy atom. The van der Waals surface area contributed by atoms with Crippen molar-refractivity contribution >= 4 is 18.7 Å². The maximum Gasteiger partial charge on any atom is 0.317 e. The quantitative estimate of drug-likeness (QED) is 0.457. The molecule has 4 aliphatic carbocycles. The number of ether oxygens (including phenoxy) is 1. The Hall–Kier alpha value is -2.47. The number of allylic oxidation sites excluding steroid dienone is 2. The number of amides is 2. The Morgan fingerprint density at radius 1 is 1.02 bits per heavy atom. The van der Waals surface area contributed by atoms with Gasteiger partial charge in [0.1, 0.15) is 0 Å². The Kier molecular flexibility index (Phi) is 6.24. The topological polar surface area (TPSA) is 82.0 Å². The number of phenols is 2. The van der Waals surface area contributed by atoms with Crippen molar-refractivity contribution in [3.8, 4) is 11.5 Å². The molecule has 0 spiro atoms. The lowest BCUT2D eigenvalue weighted by molar-refractivity contribution is -0.157. The van der Waals surface area contributed by atoms with Crippen LogP contribution in [0.3, 0.4) is 0 Å². The van der Waals surface area contributed by atoms with Crippen LogP contribution >= 0.6 is 0 Å². The SMILES string of the molecule is C=c1c(O)c(O)cc2c1=CC=C1C2(C)CCC2(C)C3CC(C)(CNC(=O)N4CCOCC4)CCC3(C)CCC12C. The fraction of sp³-hybridized carbons (Fsp3) is 0.676. The number of hydrogen-bond donors (Lipinski definition) is 3. The number of hydrogen-bond acceptors (Lipinski definition) is 4. The molecule has 3 N–H and O–H groups in total. The summed E-state index contributed by atoms with van der Waals surface area (Å²) in [5.74, 6) is 0.371. The van der Waals surface area contributed by atoms with Gasteiger partial charge in [0.2, 0.25) is 0 Å². The molecular formula is C34H48N2O4. The molecule has 3 saturated carbocycles. The van der Waals surface area contributed by atoms with Crippen LogP contribution in [0.4, 0.5) is 4.79 Å². The molecule has 1 aromatic rings. The van der Waals surface area contributed by atoms with E-state index in [4.69, 9.17) is 4.74 Å². The first-order valence-electron chi connectivity index (χ1n) is 15.3. The minimum atomic E-state index is -0.201. The number of phenolic OH excluding ortho intramolecular Hbond substituents is 2. The number of nitrogens with one attached hydrogen (secondary N) is 1. The molecule has 1 aliphatic heterocycles. The van der Waals surface area contributed by atoms with E-state index in [9.17, 15) is 15.0 Å². The van der Waals surface area contributed by atoms with Crippen LogP contribution in [0.2, 0.25) is 0 Å². The van der Waals surface area contributed by atoms with E-state index in [1.807, 2.05) is 4.90 Å². The maximum atomic E-state index is 12.9. The third-order valence-electron chi connectivity index (χ3n) is 12.8. The highest BCUT2D eigenvalue weighted by Crippen LogP contribution is 2.74. The lowest BCUT2D eigenvalue weighted by atomic mass is 9.35. The fourth-order valence-corrected chi connectivity index (χ4v) is 9.76. The van der Waals surface area contributed by atoms with Crippen molar-refractivity contribution in [2.45, 2.75) is 85.0 Å². The molecule has 218 valence electrons. The number of benzene rings is 1. The zero-order valence-corrected chi connectivity index (χ0v) is 25.2. The summed E-state index contributed by atoms with van der Waals surface area (Å²) >= 11 is 0. The van der Waals surface area contributed by atoms with E-state index in [0.29, 0.717) is 42.9 Å². The van der Waals surface area contributed by atoms with Gasteiger partial charge >= 0.3 is 6.03 Å². The van der Waals surface area contributed by atoms with E-state index in [-0.39, 0.29) is 39.2 Å². The molecular weight excluding hydrogens is 500 g/mol. The van der Waals surface area contributed by atoms with Gasteiger partial charge in [0.05, 0.1) is 13.2 Å². The normalized spacial score (nSPS) is 40.5. The summed E-state index contributed by atoms with van der Waals surface area (Å²) < 4.78 is 5.43. The smallest absolute Gasteiger partial charge is 0.317 e. The molecule has 2 amide bonds. The summed E-state index contributed by atoms with van der Waals surface area (Å²) in [6.07, 6.45) is 12.4. The highest BCUT2D eigenvalue weighted by molar-refractivity contribution is 5.74. The maximum absolute atomic E-state index is 12.9. The second kappa shape index (κ2) is 9.01. The summed E-state index contributed by atoms with van der Waals surface area (Å²) in [6, 6.07) is 1.84. The highest BCUT2D eigenvalue weighted by atomic mass is 16.5. The molecule has 1 saturated heterocycles. The Bertz CT molecular complexity index is 1380. The number of fused-ring (bicyclic) bond motifs is 7. The molecule has 0 bridgehead atoms. The Morgan fingerprint density at radius 2 is 1.73 bits per heavy atom. The minimum absolute atomic E-state index is 0.0164. The van der Waals surface area contributed by atoms with Gasteiger partial charge in [0, 0.05) is 30.3 Å². The molecule has 1 heterocycles. The predicted molar refractivity (Wildman–Crippen MR) is 158 cm³/mol. The van der Waals surface area contributed by atoms with Crippen molar-refractivity contribution in [3.63, 3.8) is 0 Å². The van der Waals surface area contributed by atoms with Gasteiger partial charge in [-0.05, 0) is 89.4 Å². The zero-order chi connectivity index (χ0) is 28.7. The monoisotopic (exact) mass is 548 g/mol. The van der Waals surface area contributed by atoms with Crippen molar-refractivity contribution in [2.75, 3.05) is 32.8 Å². The number of rotatable bonds is 2. The third-order valence-corrected chi connectivity index (χ3v) is 12.8. The van der Waals surface area contributed by atoms with Crippen molar-refractivity contribution < 1.29 is 19.7 Å². The zero-order valence-electron chi connectivity index (χ0n) is 25.2. The second-order valence-corrected chi connectivity index (χ2v) is 15.0. The fourth-order valence-electron chi connectivity index (χ4n) is 9.76. The van der Waals surface area contributed by atoms with E-state index in [0.717, 1.165) is 49.4 Å². The van der Waals surface area contributed by atoms with Crippen LogP contribution in [0.15, 0.2) is 17.7 Å². The third kappa shape index (κ3) is 3.80. The molecule has 1 aromatic carbocycles. The Balaban J connectivity index is 1.32. The average Bonchev–Trinajstić information content (AvgIpc) is 2.94. The summed E-state index contributed by atoms with van der Waals surface area (Å²) in [7, 11) is 0. The number of carbonyl (C=O) groups excluding carboxylic acids is 1. The van der Waals surface area contributed by atoms with Gasteiger partial charge < -0.3 is 25.2 Å². The molecule has 5 aliphatic rings. The molecule has 6 rings (SSSR count). The van der Waals surface area contributed by atoms with E-state index >= 15 is 0 Å². The first-order valence-corrected chi connectivity index (χ1v) is 15.3. The van der Waals surface area contributed by atoms with Gasteiger partial charge in [-0.1, -0.05) is 58.9 Å². The molecule has 4 fully saturated rings. The van der Waals surface area contributed by atoms with Gasteiger partial charge in [0.15, 0.2) is 11.5 Å². The second-order valence-electron chi connectivity index (χ2n) is 15.0. The highest BCUT2D eigenvalue weighted by Gasteiger charge is 2.66. The van der Waals surface area contributed by atoms with Gasteiger partial charge in [-0.3, -0.25) is 0 Å². The average molecular weight is 549 g/mol. The predicted octanol–water partition coefficient (Wildman–Crippen LogP) is 4.94. The first kappa shape index (κ1) is 27.7. The molecule has 6 heteroatoms. The molecule has 6 atom stereocenters. The number of urea groups is 1. The summed E-state index contributed by atoms with van der Waals surface area (Å²) in [5, 5.41) is 25.7. The van der Waals surface area contributed by atoms with E-state index in [1.54, 1.807) is 6.07 Å². The molecule has 40 heavy (non-hydrogen) atoms. The molecule has 6 nitrogen and oxygen atoms in total. The Labute approximate surface area is 239 Å². The van der Waals surface area contributed by atoms with Crippen LogP contribution in [0.1, 0.15) is 85.1 Å². The van der Waals surface area contributed by atoms with E-state index in [1.165, 1.54) is 18.4 Å². The molecule has 6 unspecified atom stereocenters. The summed E-state index contributed by atoms with van der Waals surface area (Å²) in [4.78, 5) is 14.8. The van der Waals surface area contributed by atoms with Crippen molar-refractivity contribution in [3.05, 3.63) is 33.7 Å². The van der Waals surface area contributed by atoms with Crippen molar-refractivity contribution in [1.82, 2.24) is 10.2 Å². The van der Waals surface area contributed by atoms with E-state index < -0.39 is 0 Å². The van der Waals surface area contributed by atoms with Crippen molar-refractivity contribution in [2.24, 2.45) is 27.6 Å².